The molecule has 0 saturated heterocycles. The van der Waals surface area contributed by atoms with Gasteiger partial charge in [0.1, 0.15) is 10.7 Å². The van der Waals surface area contributed by atoms with Gasteiger partial charge in [0.2, 0.25) is 0 Å². The first-order valence-corrected chi connectivity index (χ1v) is 7.27. The summed E-state index contributed by atoms with van der Waals surface area (Å²) in [5.74, 6) is -0.869. The van der Waals surface area contributed by atoms with Crippen molar-refractivity contribution in [1.29, 1.82) is 0 Å². The molecule has 0 fully saturated rings. The van der Waals surface area contributed by atoms with Crippen molar-refractivity contribution in [3.05, 3.63) is 44.0 Å². The van der Waals surface area contributed by atoms with E-state index in [1.165, 1.54) is 24.5 Å². The number of carbonyl (C=O) groups is 1. The molecule has 0 amide bonds. The van der Waals surface area contributed by atoms with Gasteiger partial charge in [-0.05, 0) is 46.1 Å². The third-order valence-electron chi connectivity index (χ3n) is 2.63. The standard InChI is InChI=1S/C13H9BrClFO2S/c1-6-10(14)12(13(17)18-2)19-11(6)7-3-4-9(16)8(15)5-7/h3-5H,1-2H3. The van der Waals surface area contributed by atoms with Crippen LogP contribution in [0.2, 0.25) is 5.02 Å². The van der Waals surface area contributed by atoms with Crippen LogP contribution in [0, 0.1) is 12.7 Å². The normalized spacial score (nSPS) is 10.6. The van der Waals surface area contributed by atoms with Crippen LogP contribution in [-0.4, -0.2) is 13.1 Å². The van der Waals surface area contributed by atoms with E-state index in [9.17, 15) is 9.18 Å². The van der Waals surface area contributed by atoms with Crippen molar-refractivity contribution in [3.8, 4) is 10.4 Å². The number of rotatable bonds is 2. The highest BCUT2D eigenvalue weighted by Gasteiger charge is 2.20. The summed E-state index contributed by atoms with van der Waals surface area (Å²) in [6, 6.07) is 4.49. The lowest BCUT2D eigenvalue weighted by molar-refractivity contribution is 0.0605. The highest BCUT2D eigenvalue weighted by atomic mass is 79.9. The quantitative estimate of drug-likeness (QED) is 0.697. The molecule has 0 bridgehead atoms. The Morgan fingerprint density at radius 2 is 2.16 bits per heavy atom. The van der Waals surface area contributed by atoms with Gasteiger partial charge in [-0.2, -0.15) is 0 Å². The number of carbonyl (C=O) groups excluding carboxylic acids is 1. The van der Waals surface area contributed by atoms with Crippen LogP contribution in [0.1, 0.15) is 15.2 Å². The molecule has 0 aliphatic carbocycles. The van der Waals surface area contributed by atoms with E-state index in [0.29, 0.717) is 9.35 Å². The minimum Gasteiger partial charge on any atom is -0.465 e. The predicted octanol–water partition coefficient (Wildman–Crippen LogP) is 5.07. The average Bonchev–Trinajstić information content (AvgIpc) is 2.69. The molecular formula is C13H9BrClFO2S. The molecule has 0 atom stereocenters. The van der Waals surface area contributed by atoms with Crippen molar-refractivity contribution >= 4 is 44.8 Å². The first kappa shape index (κ1) is 14.5. The molecule has 1 heterocycles. The lowest BCUT2D eigenvalue weighted by Crippen LogP contribution is -1.98. The zero-order valence-electron chi connectivity index (χ0n) is 10.1. The Labute approximate surface area is 127 Å². The molecule has 0 saturated carbocycles. The lowest BCUT2D eigenvalue weighted by atomic mass is 10.1. The molecule has 0 spiro atoms. The maximum atomic E-state index is 13.2. The van der Waals surface area contributed by atoms with Crippen molar-refractivity contribution < 1.29 is 13.9 Å². The molecule has 2 rings (SSSR count). The van der Waals surface area contributed by atoms with E-state index < -0.39 is 11.8 Å². The molecule has 2 aromatic rings. The molecule has 100 valence electrons. The summed E-state index contributed by atoms with van der Waals surface area (Å²) < 4.78 is 18.6. The van der Waals surface area contributed by atoms with Gasteiger partial charge in [0.15, 0.2) is 0 Å². The molecule has 1 aromatic carbocycles. The molecule has 0 aliphatic rings. The van der Waals surface area contributed by atoms with Gasteiger partial charge in [-0.25, -0.2) is 9.18 Å². The van der Waals surface area contributed by atoms with Crippen LogP contribution >= 0.6 is 38.9 Å². The molecular weight excluding hydrogens is 355 g/mol. The Kier molecular flexibility index (Phi) is 4.28. The number of hydrogen-bond acceptors (Lipinski definition) is 3. The second-order valence-corrected chi connectivity index (χ2v) is 6.04. The zero-order valence-corrected chi connectivity index (χ0v) is 13.2. The van der Waals surface area contributed by atoms with Crippen LogP contribution in [0.4, 0.5) is 4.39 Å². The van der Waals surface area contributed by atoms with E-state index in [2.05, 4.69) is 15.9 Å². The fourth-order valence-corrected chi connectivity index (χ4v) is 3.66. The SMILES string of the molecule is COC(=O)c1sc(-c2ccc(F)c(Cl)c2)c(C)c1Br. The summed E-state index contributed by atoms with van der Waals surface area (Å²) in [4.78, 5) is 13.0. The molecule has 0 radical (unpaired) electrons. The molecule has 0 N–H and O–H groups in total. The largest absolute Gasteiger partial charge is 0.465 e. The molecule has 2 nitrogen and oxygen atoms in total. The Morgan fingerprint density at radius 3 is 2.74 bits per heavy atom. The van der Waals surface area contributed by atoms with E-state index in [1.807, 2.05) is 6.92 Å². The van der Waals surface area contributed by atoms with Crippen LogP contribution in [-0.2, 0) is 4.74 Å². The number of esters is 1. The number of thiophene rings is 1. The molecule has 0 unspecified atom stereocenters. The minimum absolute atomic E-state index is 0.0565. The van der Waals surface area contributed by atoms with E-state index in [-0.39, 0.29) is 5.02 Å². The Balaban J connectivity index is 2.57. The van der Waals surface area contributed by atoms with Gasteiger partial charge in [-0.15, -0.1) is 11.3 Å². The third-order valence-corrected chi connectivity index (χ3v) is 5.49. The second kappa shape index (κ2) is 5.61. The number of hydrogen-bond donors (Lipinski definition) is 0. The predicted molar refractivity (Wildman–Crippen MR) is 78.5 cm³/mol. The summed E-state index contributed by atoms with van der Waals surface area (Å²) in [7, 11) is 1.33. The highest BCUT2D eigenvalue weighted by molar-refractivity contribution is 9.10. The topological polar surface area (TPSA) is 26.3 Å². The van der Waals surface area contributed by atoms with E-state index >= 15 is 0 Å². The smallest absolute Gasteiger partial charge is 0.349 e. The van der Waals surface area contributed by atoms with Crippen LogP contribution in [0.15, 0.2) is 22.7 Å². The summed E-state index contributed by atoms with van der Waals surface area (Å²) in [5, 5.41) is 0.0565. The summed E-state index contributed by atoms with van der Waals surface area (Å²) >= 11 is 10.4. The van der Waals surface area contributed by atoms with Gasteiger partial charge < -0.3 is 4.74 Å². The fraction of sp³-hybridized carbons (Fsp3) is 0.154. The summed E-state index contributed by atoms with van der Waals surface area (Å²) in [5.41, 5.74) is 1.66. The van der Waals surface area contributed by atoms with E-state index in [1.54, 1.807) is 12.1 Å². The van der Waals surface area contributed by atoms with Gasteiger partial charge >= 0.3 is 5.97 Å². The molecule has 1 aromatic heterocycles. The van der Waals surface area contributed by atoms with Crippen molar-refractivity contribution in [2.75, 3.05) is 7.11 Å². The first-order chi connectivity index (χ1) is 8.95. The third kappa shape index (κ3) is 2.68. The fourth-order valence-electron chi connectivity index (χ4n) is 1.63. The highest BCUT2D eigenvalue weighted by Crippen LogP contribution is 2.40. The minimum atomic E-state index is -0.466. The number of methoxy groups -OCH3 is 1. The average molecular weight is 364 g/mol. The van der Waals surface area contributed by atoms with Gasteiger partial charge in [-0.3, -0.25) is 0 Å². The Morgan fingerprint density at radius 1 is 1.47 bits per heavy atom. The van der Waals surface area contributed by atoms with Gasteiger partial charge in [0.05, 0.1) is 12.1 Å². The number of benzene rings is 1. The van der Waals surface area contributed by atoms with E-state index in [4.69, 9.17) is 16.3 Å². The number of halogens is 3. The van der Waals surface area contributed by atoms with Gasteiger partial charge in [-0.1, -0.05) is 17.7 Å². The van der Waals surface area contributed by atoms with Crippen molar-refractivity contribution in [2.24, 2.45) is 0 Å². The van der Waals surface area contributed by atoms with E-state index in [0.717, 1.165) is 16.0 Å². The van der Waals surface area contributed by atoms with Crippen molar-refractivity contribution in [2.45, 2.75) is 6.92 Å². The zero-order chi connectivity index (χ0) is 14.2. The maximum absolute atomic E-state index is 13.2. The maximum Gasteiger partial charge on any atom is 0.349 e. The number of ether oxygens (including phenoxy) is 1. The Bertz CT molecular complexity index is 654. The van der Waals surface area contributed by atoms with Crippen LogP contribution < -0.4 is 0 Å². The van der Waals surface area contributed by atoms with Crippen molar-refractivity contribution in [3.63, 3.8) is 0 Å². The monoisotopic (exact) mass is 362 g/mol. The van der Waals surface area contributed by atoms with Crippen molar-refractivity contribution in [1.82, 2.24) is 0 Å². The lowest BCUT2D eigenvalue weighted by Gasteiger charge is -2.01. The Hall–Kier alpha value is -0.910. The van der Waals surface area contributed by atoms with Crippen LogP contribution in [0.5, 0.6) is 0 Å². The molecule has 0 aliphatic heterocycles. The summed E-state index contributed by atoms with van der Waals surface area (Å²) in [6.45, 7) is 1.87. The second-order valence-electron chi connectivity index (χ2n) is 3.82. The molecule has 19 heavy (non-hydrogen) atoms. The van der Waals surface area contributed by atoms with Crippen LogP contribution in [0.3, 0.4) is 0 Å². The van der Waals surface area contributed by atoms with Gasteiger partial charge in [0, 0.05) is 9.35 Å². The summed E-state index contributed by atoms with van der Waals surface area (Å²) in [6.07, 6.45) is 0. The van der Waals surface area contributed by atoms with Gasteiger partial charge in [0.25, 0.3) is 0 Å². The first-order valence-electron chi connectivity index (χ1n) is 5.28. The van der Waals surface area contributed by atoms with Crippen LogP contribution in [0.25, 0.3) is 10.4 Å². The molecule has 6 heteroatoms.